The molecule has 2 aromatic rings. The maximum Gasteiger partial charge on any atom is 0.0949 e. The van der Waals surface area contributed by atoms with Gasteiger partial charge in [0, 0.05) is 43.8 Å². The third kappa shape index (κ3) is 4.12. The second-order valence-corrected chi connectivity index (χ2v) is 6.40. The zero-order chi connectivity index (χ0) is 16.2. The zero-order valence-electron chi connectivity index (χ0n) is 13.3. The van der Waals surface area contributed by atoms with E-state index in [0.717, 1.165) is 30.8 Å². The van der Waals surface area contributed by atoms with Gasteiger partial charge in [0.1, 0.15) is 0 Å². The topological polar surface area (TPSA) is 50.5 Å². The average Bonchev–Trinajstić information content (AvgIpc) is 2.90. The number of β-amino-alcohol motifs (C(OH)–C–C–N with tert-alkyl or cyclic N) is 1. The van der Waals surface area contributed by atoms with Crippen molar-refractivity contribution in [3.63, 3.8) is 0 Å². The first-order chi connectivity index (χ1) is 11.1. The first-order valence-corrected chi connectivity index (χ1v) is 8.22. The van der Waals surface area contributed by atoms with Crippen molar-refractivity contribution in [2.75, 3.05) is 19.7 Å². The molecule has 0 aliphatic carbocycles. The number of fused-ring (bicyclic) bond motifs is 1. The van der Waals surface area contributed by atoms with Crippen molar-refractivity contribution in [3.8, 4) is 0 Å². The van der Waals surface area contributed by atoms with E-state index in [1.54, 1.807) is 0 Å². The van der Waals surface area contributed by atoms with E-state index in [-0.39, 0.29) is 0 Å². The molecule has 23 heavy (non-hydrogen) atoms. The molecule has 0 spiro atoms. The van der Waals surface area contributed by atoms with E-state index in [2.05, 4.69) is 14.5 Å². The van der Waals surface area contributed by atoms with Crippen molar-refractivity contribution < 1.29 is 9.84 Å². The number of halogens is 1. The van der Waals surface area contributed by atoms with Crippen LogP contribution in [-0.4, -0.2) is 45.4 Å². The van der Waals surface area contributed by atoms with Gasteiger partial charge in [0.15, 0.2) is 0 Å². The highest BCUT2D eigenvalue weighted by atomic mass is 35.5. The second kappa shape index (κ2) is 7.45. The minimum atomic E-state index is -0.511. The zero-order valence-corrected chi connectivity index (χ0v) is 14.0. The molecule has 1 aromatic carbocycles. The molecule has 0 radical (unpaired) electrons. The van der Waals surface area contributed by atoms with Crippen molar-refractivity contribution in [1.29, 1.82) is 0 Å². The van der Waals surface area contributed by atoms with Gasteiger partial charge in [0.25, 0.3) is 0 Å². The monoisotopic (exact) mass is 335 g/mol. The summed E-state index contributed by atoms with van der Waals surface area (Å²) in [6.07, 6.45) is 2.32. The normalized spacial score (nSPS) is 16.3. The SMILES string of the molecule is Cn1cnc2c1CCN(C[C@@H](O)COCc1ccccc1Cl)C2. The molecule has 0 bridgehead atoms. The number of aryl methyl sites for hydroxylation is 1. The highest BCUT2D eigenvalue weighted by Gasteiger charge is 2.21. The number of ether oxygens (including phenoxy) is 1. The molecular formula is C17H22ClN3O2. The number of benzene rings is 1. The van der Waals surface area contributed by atoms with E-state index in [0.29, 0.717) is 24.8 Å². The molecule has 0 unspecified atom stereocenters. The van der Waals surface area contributed by atoms with Crippen LogP contribution in [0.4, 0.5) is 0 Å². The Kier molecular flexibility index (Phi) is 5.33. The summed E-state index contributed by atoms with van der Waals surface area (Å²) in [7, 11) is 2.03. The molecule has 1 aliphatic rings. The number of aliphatic hydroxyl groups is 1. The Morgan fingerprint density at radius 1 is 1.39 bits per heavy atom. The van der Waals surface area contributed by atoms with E-state index < -0.39 is 6.10 Å². The van der Waals surface area contributed by atoms with Gasteiger partial charge in [-0.2, -0.15) is 0 Å². The van der Waals surface area contributed by atoms with Crippen molar-refractivity contribution in [2.45, 2.75) is 25.7 Å². The molecule has 1 aromatic heterocycles. The highest BCUT2D eigenvalue weighted by molar-refractivity contribution is 6.31. The van der Waals surface area contributed by atoms with Gasteiger partial charge in [0.05, 0.1) is 31.3 Å². The predicted octanol–water partition coefficient (Wildman–Crippen LogP) is 2.01. The Morgan fingerprint density at radius 3 is 3.04 bits per heavy atom. The van der Waals surface area contributed by atoms with Crippen LogP contribution in [-0.2, 0) is 31.4 Å². The standard InChI is InChI=1S/C17H22ClN3O2/c1-20-12-19-16-9-21(7-6-17(16)20)8-14(22)11-23-10-13-4-2-3-5-15(13)18/h2-5,12,14,22H,6-11H2,1H3/t14-/m1/s1. The summed E-state index contributed by atoms with van der Waals surface area (Å²) in [4.78, 5) is 6.64. The van der Waals surface area contributed by atoms with E-state index in [4.69, 9.17) is 16.3 Å². The fraction of sp³-hybridized carbons (Fsp3) is 0.471. The van der Waals surface area contributed by atoms with Gasteiger partial charge < -0.3 is 14.4 Å². The largest absolute Gasteiger partial charge is 0.389 e. The van der Waals surface area contributed by atoms with E-state index in [9.17, 15) is 5.11 Å². The molecule has 124 valence electrons. The summed E-state index contributed by atoms with van der Waals surface area (Å²) in [6, 6.07) is 7.60. The fourth-order valence-corrected chi connectivity index (χ4v) is 3.13. The minimum Gasteiger partial charge on any atom is -0.389 e. The molecule has 2 heterocycles. The van der Waals surface area contributed by atoms with Crippen molar-refractivity contribution in [1.82, 2.24) is 14.5 Å². The highest BCUT2D eigenvalue weighted by Crippen LogP contribution is 2.18. The Bertz CT molecular complexity index is 659. The number of aliphatic hydroxyl groups excluding tert-OH is 1. The molecule has 1 aliphatic heterocycles. The number of nitrogens with zero attached hydrogens (tertiary/aromatic N) is 3. The Hall–Kier alpha value is -1.40. The van der Waals surface area contributed by atoms with Crippen LogP contribution < -0.4 is 0 Å². The lowest BCUT2D eigenvalue weighted by Crippen LogP contribution is -2.38. The van der Waals surface area contributed by atoms with Crippen molar-refractivity contribution >= 4 is 11.6 Å². The Labute approximate surface area is 141 Å². The van der Waals surface area contributed by atoms with Crippen LogP contribution >= 0.6 is 11.6 Å². The number of aromatic nitrogens is 2. The average molecular weight is 336 g/mol. The maximum absolute atomic E-state index is 10.2. The van der Waals surface area contributed by atoms with Crippen molar-refractivity contribution in [2.24, 2.45) is 7.05 Å². The second-order valence-electron chi connectivity index (χ2n) is 5.99. The van der Waals surface area contributed by atoms with Gasteiger partial charge in [0.2, 0.25) is 0 Å². The van der Waals surface area contributed by atoms with Gasteiger partial charge in [-0.15, -0.1) is 0 Å². The predicted molar refractivity (Wildman–Crippen MR) is 89.3 cm³/mol. The van der Waals surface area contributed by atoms with Gasteiger partial charge >= 0.3 is 0 Å². The smallest absolute Gasteiger partial charge is 0.0949 e. The van der Waals surface area contributed by atoms with Crippen LogP contribution in [0.15, 0.2) is 30.6 Å². The Balaban J connectivity index is 1.43. The van der Waals surface area contributed by atoms with Crippen LogP contribution in [0.25, 0.3) is 0 Å². The van der Waals surface area contributed by atoms with Crippen molar-refractivity contribution in [3.05, 3.63) is 52.6 Å². The van der Waals surface area contributed by atoms with Crippen LogP contribution in [0.2, 0.25) is 5.02 Å². The summed E-state index contributed by atoms with van der Waals surface area (Å²) in [6.45, 7) is 3.04. The van der Waals surface area contributed by atoms with Crippen LogP contribution in [0.3, 0.4) is 0 Å². The maximum atomic E-state index is 10.2. The molecule has 0 saturated carbocycles. The van der Waals surface area contributed by atoms with Crippen LogP contribution in [0.1, 0.15) is 17.0 Å². The quantitative estimate of drug-likeness (QED) is 0.877. The minimum absolute atomic E-state index is 0.302. The molecule has 0 amide bonds. The van der Waals surface area contributed by atoms with E-state index >= 15 is 0 Å². The summed E-state index contributed by atoms with van der Waals surface area (Å²) >= 11 is 6.09. The summed E-state index contributed by atoms with van der Waals surface area (Å²) in [5, 5.41) is 10.9. The van der Waals surface area contributed by atoms with E-state index in [1.807, 2.05) is 37.6 Å². The lowest BCUT2D eigenvalue weighted by atomic mass is 10.1. The van der Waals surface area contributed by atoms with E-state index in [1.165, 1.54) is 5.69 Å². The fourth-order valence-electron chi connectivity index (χ4n) is 2.94. The van der Waals surface area contributed by atoms with Gasteiger partial charge in [-0.25, -0.2) is 4.98 Å². The molecule has 3 rings (SSSR count). The summed E-state index contributed by atoms with van der Waals surface area (Å²) in [5.74, 6) is 0. The number of rotatable bonds is 6. The molecule has 1 N–H and O–H groups in total. The van der Waals surface area contributed by atoms with Gasteiger partial charge in [-0.05, 0) is 11.6 Å². The molecular weight excluding hydrogens is 314 g/mol. The van der Waals surface area contributed by atoms with Crippen LogP contribution in [0, 0.1) is 0 Å². The summed E-state index contributed by atoms with van der Waals surface area (Å²) in [5.41, 5.74) is 3.35. The molecule has 0 saturated heterocycles. The number of imidazole rings is 1. The van der Waals surface area contributed by atoms with Gasteiger partial charge in [-0.3, -0.25) is 4.90 Å². The first kappa shape index (κ1) is 16.5. The summed E-state index contributed by atoms with van der Waals surface area (Å²) < 4.78 is 7.68. The first-order valence-electron chi connectivity index (χ1n) is 7.84. The number of hydrogen-bond acceptors (Lipinski definition) is 4. The number of hydrogen-bond donors (Lipinski definition) is 1. The molecule has 1 atom stereocenters. The Morgan fingerprint density at radius 2 is 2.22 bits per heavy atom. The third-order valence-corrected chi connectivity index (χ3v) is 4.55. The molecule has 0 fully saturated rings. The van der Waals surface area contributed by atoms with Gasteiger partial charge in [-0.1, -0.05) is 29.8 Å². The molecule has 5 nitrogen and oxygen atoms in total. The third-order valence-electron chi connectivity index (χ3n) is 4.18. The molecule has 6 heteroatoms. The lowest BCUT2D eigenvalue weighted by molar-refractivity contribution is 0.00746. The lowest BCUT2D eigenvalue weighted by Gasteiger charge is -2.28. The van der Waals surface area contributed by atoms with Crippen LogP contribution in [0.5, 0.6) is 0 Å².